The van der Waals surface area contributed by atoms with Crippen LogP contribution in [0.25, 0.3) is 28.2 Å². The van der Waals surface area contributed by atoms with E-state index in [-0.39, 0.29) is 6.54 Å². The summed E-state index contributed by atoms with van der Waals surface area (Å²) < 4.78 is 15.1. The fraction of sp³-hybridized carbons (Fsp3) is 0.167. The highest BCUT2D eigenvalue weighted by atomic mass is 19.1. The van der Waals surface area contributed by atoms with Crippen molar-refractivity contribution >= 4 is 23.0 Å². The number of aromatic nitrogens is 3. The third-order valence-electron chi connectivity index (χ3n) is 3.83. The lowest BCUT2D eigenvalue weighted by Crippen LogP contribution is -2.27. The Morgan fingerprint density at radius 3 is 2.92 bits per heavy atom. The number of hydrogen-bond donors (Lipinski definition) is 3. The topological polar surface area (TPSA) is 114 Å². The fourth-order valence-corrected chi connectivity index (χ4v) is 2.67. The number of carbonyl (C=O) groups is 1. The zero-order valence-electron chi connectivity index (χ0n) is 13.9. The molecular weight excluding hydrogens is 339 g/mol. The van der Waals surface area contributed by atoms with E-state index >= 15 is 0 Å². The van der Waals surface area contributed by atoms with Gasteiger partial charge >= 0.3 is 0 Å². The average Bonchev–Trinajstić information content (AvgIpc) is 2.98. The summed E-state index contributed by atoms with van der Waals surface area (Å²) in [5.41, 5.74) is 6.65. The number of nitrogens with one attached hydrogen (secondary N) is 1. The number of nitrogens with zero attached hydrogens (tertiary/aromatic N) is 2. The van der Waals surface area contributed by atoms with Crippen molar-refractivity contribution in [2.45, 2.75) is 19.6 Å². The number of halogens is 1. The number of fused-ring (bicyclic) bond motifs is 1. The summed E-state index contributed by atoms with van der Waals surface area (Å²) >= 11 is 0. The van der Waals surface area contributed by atoms with Crippen molar-refractivity contribution < 1.29 is 14.3 Å². The molecule has 7 nitrogen and oxygen atoms in total. The van der Waals surface area contributed by atoms with Crippen LogP contribution in [0, 0.1) is 5.82 Å². The van der Waals surface area contributed by atoms with Gasteiger partial charge in [-0.25, -0.2) is 9.37 Å². The van der Waals surface area contributed by atoms with Crippen LogP contribution >= 0.6 is 0 Å². The Hall–Kier alpha value is -3.26. The molecule has 0 saturated heterocycles. The van der Waals surface area contributed by atoms with E-state index < -0.39 is 23.4 Å². The number of carbonyl (C=O) groups excluding carboxylic acids is 1. The molecule has 3 aromatic rings. The lowest BCUT2D eigenvalue weighted by atomic mass is 10.1. The Morgan fingerprint density at radius 1 is 1.46 bits per heavy atom. The first kappa shape index (κ1) is 17.6. The van der Waals surface area contributed by atoms with E-state index in [1.807, 2.05) is 0 Å². The summed E-state index contributed by atoms with van der Waals surface area (Å²) in [5.74, 6) is -1.48. The van der Waals surface area contributed by atoms with Crippen molar-refractivity contribution in [3.8, 4) is 11.1 Å². The standard InChI is InChI=1S/C18H17FN4O3/c1-10(24)8-23-9-13(5-15(19)18(23)26)12-4-14-11(2-3-16(20)25)6-21-17(14)22-7-12/h2-7,9-10,24H,8H2,1H3,(H2,20,25)(H,21,22)/t10-/m1/s1. The largest absolute Gasteiger partial charge is 0.392 e. The highest BCUT2D eigenvalue weighted by Gasteiger charge is 2.11. The molecule has 0 fully saturated rings. The van der Waals surface area contributed by atoms with Crippen molar-refractivity contribution in [3.05, 3.63) is 58.5 Å². The van der Waals surface area contributed by atoms with Crippen LogP contribution in [0.1, 0.15) is 12.5 Å². The number of aliphatic hydroxyl groups is 1. The predicted octanol–water partition coefficient (Wildman–Crippen LogP) is 1.41. The zero-order chi connectivity index (χ0) is 18.8. The number of amides is 1. The molecule has 8 heteroatoms. The minimum Gasteiger partial charge on any atom is -0.392 e. The van der Waals surface area contributed by atoms with Gasteiger partial charge < -0.3 is 20.4 Å². The second kappa shape index (κ2) is 6.93. The Morgan fingerprint density at radius 2 is 2.23 bits per heavy atom. The van der Waals surface area contributed by atoms with Gasteiger partial charge in [0.1, 0.15) is 5.65 Å². The van der Waals surface area contributed by atoms with Gasteiger partial charge in [0.2, 0.25) is 5.91 Å². The molecule has 0 bridgehead atoms. The molecule has 3 aromatic heterocycles. The first-order valence-corrected chi connectivity index (χ1v) is 7.88. The zero-order valence-corrected chi connectivity index (χ0v) is 13.9. The van der Waals surface area contributed by atoms with E-state index in [1.165, 1.54) is 19.2 Å². The number of aromatic amines is 1. The predicted molar refractivity (Wildman–Crippen MR) is 95.7 cm³/mol. The monoisotopic (exact) mass is 356 g/mol. The Bertz CT molecular complexity index is 1070. The molecule has 0 saturated carbocycles. The summed E-state index contributed by atoms with van der Waals surface area (Å²) in [6.45, 7) is 1.50. The molecule has 26 heavy (non-hydrogen) atoms. The quantitative estimate of drug-likeness (QED) is 0.600. The van der Waals surface area contributed by atoms with Crippen LogP contribution in [0.2, 0.25) is 0 Å². The second-order valence-electron chi connectivity index (χ2n) is 5.98. The molecule has 3 heterocycles. The van der Waals surface area contributed by atoms with Gasteiger partial charge in [0, 0.05) is 46.7 Å². The van der Waals surface area contributed by atoms with Gasteiger partial charge in [-0.3, -0.25) is 9.59 Å². The summed E-state index contributed by atoms with van der Waals surface area (Å²) in [6.07, 6.45) is 6.70. The van der Waals surface area contributed by atoms with Gasteiger partial charge in [-0.05, 0) is 25.1 Å². The summed E-state index contributed by atoms with van der Waals surface area (Å²) in [4.78, 5) is 30.0. The van der Waals surface area contributed by atoms with Gasteiger partial charge in [-0.1, -0.05) is 0 Å². The third kappa shape index (κ3) is 3.55. The van der Waals surface area contributed by atoms with E-state index in [1.54, 1.807) is 24.5 Å². The van der Waals surface area contributed by atoms with Crippen LogP contribution in [-0.4, -0.2) is 31.7 Å². The maximum Gasteiger partial charge on any atom is 0.286 e. The van der Waals surface area contributed by atoms with Gasteiger partial charge in [0.05, 0.1) is 12.6 Å². The number of primary amides is 1. The Kier molecular flexibility index (Phi) is 4.68. The highest BCUT2D eigenvalue weighted by molar-refractivity contribution is 5.95. The Labute approximate surface area is 147 Å². The number of H-pyrrole nitrogens is 1. The molecule has 0 aromatic carbocycles. The minimum absolute atomic E-state index is 0.0178. The second-order valence-corrected chi connectivity index (χ2v) is 5.98. The van der Waals surface area contributed by atoms with Crippen molar-refractivity contribution in [2.75, 3.05) is 0 Å². The van der Waals surface area contributed by atoms with Crippen molar-refractivity contribution in [2.24, 2.45) is 5.73 Å². The van der Waals surface area contributed by atoms with Crippen molar-refractivity contribution in [1.82, 2.24) is 14.5 Å². The lowest BCUT2D eigenvalue weighted by Gasteiger charge is -2.11. The minimum atomic E-state index is -0.911. The molecule has 134 valence electrons. The molecule has 0 unspecified atom stereocenters. The van der Waals surface area contributed by atoms with Gasteiger partial charge in [-0.2, -0.15) is 0 Å². The molecule has 0 aliphatic heterocycles. The number of pyridine rings is 2. The van der Waals surface area contributed by atoms with Crippen LogP contribution in [-0.2, 0) is 11.3 Å². The summed E-state index contributed by atoms with van der Waals surface area (Å²) in [5, 5.41) is 10.2. The maximum absolute atomic E-state index is 14.0. The van der Waals surface area contributed by atoms with E-state index in [4.69, 9.17) is 5.73 Å². The van der Waals surface area contributed by atoms with Crippen LogP contribution in [0.15, 0.2) is 41.6 Å². The van der Waals surface area contributed by atoms with Gasteiger partial charge in [-0.15, -0.1) is 0 Å². The molecule has 0 spiro atoms. The van der Waals surface area contributed by atoms with E-state index in [9.17, 15) is 19.1 Å². The number of hydrogen-bond acceptors (Lipinski definition) is 4. The molecule has 4 N–H and O–H groups in total. The molecule has 0 aliphatic rings. The maximum atomic E-state index is 14.0. The first-order valence-electron chi connectivity index (χ1n) is 7.88. The number of rotatable bonds is 5. The molecule has 1 atom stereocenters. The van der Waals surface area contributed by atoms with E-state index in [2.05, 4.69) is 9.97 Å². The fourth-order valence-electron chi connectivity index (χ4n) is 2.67. The van der Waals surface area contributed by atoms with Gasteiger partial charge in [0.25, 0.3) is 5.56 Å². The number of aliphatic hydroxyl groups excluding tert-OH is 1. The van der Waals surface area contributed by atoms with Crippen molar-refractivity contribution in [1.29, 1.82) is 0 Å². The molecular formula is C18H17FN4O3. The smallest absolute Gasteiger partial charge is 0.286 e. The highest BCUT2D eigenvalue weighted by Crippen LogP contribution is 2.25. The number of nitrogens with two attached hydrogens (primary N) is 1. The summed E-state index contributed by atoms with van der Waals surface area (Å²) in [7, 11) is 0. The SMILES string of the molecule is C[C@@H](O)Cn1cc(-c2cnc3[nH]cc(C=CC(N)=O)c3c2)cc(F)c1=O. The van der Waals surface area contributed by atoms with E-state index in [0.717, 1.165) is 10.6 Å². The summed E-state index contributed by atoms with van der Waals surface area (Å²) in [6, 6.07) is 2.90. The van der Waals surface area contributed by atoms with Gasteiger partial charge in [0.15, 0.2) is 5.82 Å². The third-order valence-corrected chi connectivity index (χ3v) is 3.83. The van der Waals surface area contributed by atoms with E-state index in [0.29, 0.717) is 27.7 Å². The molecule has 0 aliphatic carbocycles. The van der Waals surface area contributed by atoms with Crippen LogP contribution in [0.4, 0.5) is 4.39 Å². The molecule has 3 rings (SSSR count). The normalized spacial score (nSPS) is 12.7. The molecule has 0 radical (unpaired) electrons. The Balaban J connectivity index is 2.10. The molecule has 1 amide bonds. The van der Waals surface area contributed by atoms with Crippen LogP contribution < -0.4 is 11.3 Å². The van der Waals surface area contributed by atoms with Crippen LogP contribution in [0.5, 0.6) is 0 Å². The van der Waals surface area contributed by atoms with Crippen molar-refractivity contribution in [3.63, 3.8) is 0 Å². The van der Waals surface area contributed by atoms with Crippen LogP contribution in [0.3, 0.4) is 0 Å². The average molecular weight is 356 g/mol. The first-order chi connectivity index (χ1) is 12.3. The lowest BCUT2D eigenvalue weighted by molar-refractivity contribution is -0.113.